The maximum absolute atomic E-state index is 12.3. The average Bonchev–Trinajstić information content (AvgIpc) is 2.53. The van der Waals surface area contributed by atoms with Gasteiger partial charge in [-0.05, 0) is 30.5 Å². The Hall–Kier alpha value is -2.62. The lowest BCUT2D eigenvalue weighted by Crippen LogP contribution is -2.43. The Morgan fingerprint density at radius 3 is 2.14 bits per heavy atom. The second-order valence-electron chi connectivity index (χ2n) is 5.13. The number of rotatable bonds is 6. The lowest BCUT2D eigenvalue weighted by Gasteiger charge is -2.17. The van der Waals surface area contributed by atoms with Gasteiger partial charge in [0.2, 0.25) is 11.8 Å². The third kappa shape index (κ3) is 5.05. The van der Waals surface area contributed by atoms with Gasteiger partial charge in [0.25, 0.3) is 0 Å². The van der Waals surface area contributed by atoms with Crippen LogP contribution in [0, 0.1) is 0 Å². The molecule has 0 saturated heterocycles. The molecule has 0 saturated carbocycles. The van der Waals surface area contributed by atoms with Crippen LogP contribution in [0.1, 0.15) is 18.9 Å². The van der Waals surface area contributed by atoms with E-state index in [1.54, 1.807) is 0 Å². The van der Waals surface area contributed by atoms with Crippen LogP contribution in [-0.2, 0) is 16.0 Å². The van der Waals surface area contributed by atoms with E-state index in [0.717, 1.165) is 17.7 Å². The van der Waals surface area contributed by atoms with Gasteiger partial charge in [0.1, 0.15) is 6.04 Å². The summed E-state index contributed by atoms with van der Waals surface area (Å²) in [7, 11) is 0. The van der Waals surface area contributed by atoms with E-state index in [4.69, 9.17) is 0 Å². The maximum atomic E-state index is 12.3. The van der Waals surface area contributed by atoms with Gasteiger partial charge in [-0.2, -0.15) is 0 Å². The summed E-state index contributed by atoms with van der Waals surface area (Å²) >= 11 is 0. The highest BCUT2D eigenvalue weighted by atomic mass is 16.2. The molecule has 0 radical (unpaired) electrons. The predicted molar refractivity (Wildman–Crippen MR) is 87.4 cm³/mol. The molecule has 1 atom stereocenters. The summed E-state index contributed by atoms with van der Waals surface area (Å²) in [4.78, 5) is 23.7. The van der Waals surface area contributed by atoms with E-state index in [-0.39, 0.29) is 11.8 Å². The average molecular weight is 296 g/mol. The van der Waals surface area contributed by atoms with Gasteiger partial charge in [-0.1, -0.05) is 48.5 Å². The zero-order valence-electron chi connectivity index (χ0n) is 12.6. The second-order valence-corrected chi connectivity index (χ2v) is 5.13. The number of amides is 2. The Labute approximate surface area is 130 Å². The van der Waals surface area contributed by atoms with Gasteiger partial charge in [0.05, 0.1) is 0 Å². The Balaban J connectivity index is 1.98. The van der Waals surface area contributed by atoms with Gasteiger partial charge in [-0.25, -0.2) is 0 Å². The van der Waals surface area contributed by atoms with Gasteiger partial charge >= 0.3 is 0 Å². The smallest absolute Gasteiger partial charge is 0.246 e. The van der Waals surface area contributed by atoms with Crippen LogP contribution in [0.25, 0.3) is 0 Å². The fraction of sp³-hybridized carbons (Fsp3) is 0.222. The summed E-state index contributed by atoms with van der Waals surface area (Å²) in [5.41, 5.74) is 1.87. The van der Waals surface area contributed by atoms with E-state index in [9.17, 15) is 9.59 Å². The number of para-hydroxylation sites is 1. The molecule has 0 aromatic heterocycles. The molecule has 114 valence electrons. The van der Waals surface area contributed by atoms with Crippen molar-refractivity contribution in [2.75, 3.05) is 5.32 Å². The number of aryl methyl sites for hydroxylation is 1. The number of anilines is 1. The van der Waals surface area contributed by atoms with Crippen molar-refractivity contribution in [1.82, 2.24) is 5.32 Å². The molecular weight excluding hydrogens is 276 g/mol. The van der Waals surface area contributed by atoms with Crippen LogP contribution in [0.2, 0.25) is 0 Å². The molecule has 2 amide bonds. The first-order valence-electron chi connectivity index (χ1n) is 7.32. The molecule has 0 fully saturated rings. The summed E-state index contributed by atoms with van der Waals surface area (Å²) in [6.45, 7) is 1.42. The first-order valence-corrected chi connectivity index (χ1v) is 7.32. The minimum atomic E-state index is -0.544. The molecule has 0 spiro atoms. The highest BCUT2D eigenvalue weighted by Gasteiger charge is 2.19. The van der Waals surface area contributed by atoms with Crippen molar-refractivity contribution < 1.29 is 9.59 Å². The molecule has 0 bridgehead atoms. The molecule has 4 nitrogen and oxygen atoms in total. The van der Waals surface area contributed by atoms with Crippen molar-refractivity contribution in [3.8, 4) is 0 Å². The fourth-order valence-electron chi connectivity index (χ4n) is 2.22. The van der Waals surface area contributed by atoms with E-state index >= 15 is 0 Å². The van der Waals surface area contributed by atoms with Crippen molar-refractivity contribution in [1.29, 1.82) is 0 Å². The number of hydrogen-bond acceptors (Lipinski definition) is 2. The molecular formula is C18H20N2O2. The molecule has 22 heavy (non-hydrogen) atoms. The van der Waals surface area contributed by atoms with Gasteiger partial charge in [-0.3, -0.25) is 9.59 Å². The second kappa shape index (κ2) is 7.98. The zero-order valence-corrected chi connectivity index (χ0v) is 12.6. The molecule has 0 aliphatic heterocycles. The normalized spacial score (nSPS) is 11.5. The molecule has 0 heterocycles. The number of hydrogen-bond donors (Lipinski definition) is 2. The Kier molecular flexibility index (Phi) is 5.72. The van der Waals surface area contributed by atoms with Crippen LogP contribution in [0.3, 0.4) is 0 Å². The first kappa shape index (κ1) is 15.8. The minimum absolute atomic E-state index is 0.197. The molecule has 2 aromatic carbocycles. The predicted octanol–water partition coefficient (Wildman–Crippen LogP) is 2.76. The maximum Gasteiger partial charge on any atom is 0.246 e. The molecule has 4 heteroatoms. The van der Waals surface area contributed by atoms with Crippen molar-refractivity contribution in [2.24, 2.45) is 0 Å². The van der Waals surface area contributed by atoms with Crippen LogP contribution >= 0.6 is 0 Å². The van der Waals surface area contributed by atoms with Crippen LogP contribution in [-0.4, -0.2) is 17.9 Å². The number of benzene rings is 2. The zero-order chi connectivity index (χ0) is 15.8. The monoisotopic (exact) mass is 296 g/mol. The number of carbonyl (C=O) groups excluding carboxylic acids is 2. The lowest BCUT2D eigenvalue weighted by atomic mass is 10.0. The summed E-state index contributed by atoms with van der Waals surface area (Å²) < 4.78 is 0. The van der Waals surface area contributed by atoms with E-state index in [1.807, 2.05) is 60.7 Å². The van der Waals surface area contributed by atoms with Crippen LogP contribution in [0.4, 0.5) is 5.69 Å². The van der Waals surface area contributed by atoms with Crippen molar-refractivity contribution in [3.05, 3.63) is 66.2 Å². The number of carbonyl (C=O) groups is 2. The quantitative estimate of drug-likeness (QED) is 0.861. The molecule has 2 N–H and O–H groups in total. The summed E-state index contributed by atoms with van der Waals surface area (Å²) in [5, 5.41) is 5.55. The SMILES string of the molecule is CC(=O)N[C@H](CCc1ccccc1)C(=O)Nc1ccccc1. The largest absolute Gasteiger partial charge is 0.345 e. The van der Waals surface area contributed by atoms with Gasteiger partial charge in [-0.15, -0.1) is 0 Å². The first-order chi connectivity index (χ1) is 10.6. The highest BCUT2D eigenvalue weighted by Crippen LogP contribution is 2.09. The lowest BCUT2D eigenvalue weighted by molar-refractivity contribution is -0.125. The topological polar surface area (TPSA) is 58.2 Å². The standard InChI is InChI=1S/C18H20N2O2/c1-14(21)19-17(13-12-15-8-4-2-5-9-15)18(22)20-16-10-6-3-7-11-16/h2-11,17H,12-13H2,1H3,(H,19,21)(H,20,22)/t17-/m1/s1. The van der Waals surface area contributed by atoms with E-state index in [0.29, 0.717) is 6.42 Å². The van der Waals surface area contributed by atoms with Crippen LogP contribution < -0.4 is 10.6 Å². The fourth-order valence-corrected chi connectivity index (χ4v) is 2.22. The van der Waals surface area contributed by atoms with Gasteiger partial charge < -0.3 is 10.6 Å². The van der Waals surface area contributed by atoms with E-state index in [2.05, 4.69) is 10.6 Å². The highest BCUT2D eigenvalue weighted by molar-refractivity contribution is 5.96. The van der Waals surface area contributed by atoms with Crippen molar-refractivity contribution >= 4 is 17.5 Å². The van der Waals surface area contributed by atoms with Gasteiger partial charge in [0, 0.05) is 12.6 Å². The van der Waals surface area contributed by atoms with Crippen LogP contribution in [0.15, 0.2) is 60.7 Å². The summed E-state index contributed by atoms with van der Waals surface area (Å²) in [6, 6.07) is 18.6. The molecule has 0 aliphatic rings. The minimum Gasteiger partial charge on any atom is -0.345 e. The Bertz CT molecular complexity index is 611. The van der Waals surface area contributed by atoms with Crippen LogP contribution in [0.5, 0.6) is 0 Å². The van der Waals surface area contributed by atoms with E-state index in [1.165, 1.54) is 6.92 Å². The number of nitrogens with one attached hydrogen (secondary N) is 2. The Morgan fingerprint density at radius 2 is 1.55 bits per heavy atom. The van der Waals surface area contributed by atoms with Crippen molar-refractivity contribution in [2.45, 2.75) is 25.8 Å². The third-order valence-electron chi connectivity index (χ3n) is 3.30. The summed E-state index contributed by atoms with van der Waals surface area (Å²) in [6.07, 6.45) is 1.29. The molecule has 0 aliphatic carbocycles. The molecule has 2 rings (SSSR count). The van der Waals surface area contributed by atoms with Gasteiger partial charge in [0.15, 0.2) is 0 Å². The summed E-state index contributed by atoms with van der Waals surface area (Å²) in [5.74, 6) is -0.404. The van der Waals surface area contributed by atoms with E-state index < -0.39 is 6.04 Å². The molecule has 2 aromatic rings. The third-order valence-corrected chi connectivity index (χ3v) is 3.30. The van der Waals surface area contributed by atoms with Crippen molar-refractivity contribution in [3.63, 3.8) is 0 Å². The molecule has 0 unspecified atom stereocenters. The Morgan fingerprint density at radius 1 is 0.955 bits per heavy atom.